The van der Waals surface area contributed by atoms with Gasteiger partial charge < -0.3 is 15.4 Å². The van der Waals surface area contributed by atoms with E-state index in [0.29, 0.717) is 17.8 Å². The summed E-state index contributed by atoms with van der Waals surface area (Å²) in [4.78, 5) is 11.8. The average molecular weight is 302 g/mol. The van der Waals surface area contributed by atoms with Crippen LogP contribution in [0.2, 0.25) is 0 Å². The number of anilines is 1. The van der Waals surface area contributed by atoms with E-state index in [4.69, 9.17) is 4.74 Å². The molecule has 0 radical (unpaired) electrons. The van der Waals surface area contributed by atoms with Crippen LogP contribution in [0.3, 0.4) is 0 Å². The number of benzene rings is 2. The van der Waals surface area contributed by atoms with Gasteiger partial charge in [0.2, 0.25) is 0 Å². The van der Waals surface area contributed by atoms with E-state index < -0.39 is 0 Å². The van der Waals surface area contributed by atoms with E-state index in [1.807, 2.05) is 24.3 Å². The van der Waals surface area contributed by atoms with E-state index >= 15 is 0 Å². The molecule has 4 nitrogen and oxygen atoms in total. The van der Waals surface area contributed by atoms with E-state index in [0.717, 1.165) is 17.7 Å². The zero-order valence-corrected chi connectivity index (χ0v) is 12.7. The molecule has 0 saturated heterocycles. The molecule has 0 fully saturated rings. The number of hydrogen-bond donors (Lipinski definition) is 2. The summed E-state index contributed by atoms with van der Waals surface area (Å²) >= 11 is 0. The number of urea groups is 1. The first-order chi connectivity index (χ1) is 10.6. The van der Waals surface area contributed by atoms with Crippen molar-refractivity contribution < 1.29 is 13.9 Å². The molecule has 2 rings (SSSR count). The van der Waals surface area contributed by atoms with Gasteiger partial charge in [-0.15, -0.1) is 0 Å². The number of carbonyl (C=O) groups excluding carboxylic acids is 1. The molecule has 0 unspecified atom stereocenters. The zero-order valence-electron chi connectivity index (χ0n) is 12.7. The topological polar surface area (TPSA) is 50.4 Å². The van der Waals surface area contributed by atoms with Crippen LogP contribution in [-0.4, -0.2) is 19.7 Å². The van der Waals surface area contributed by atoms with Crippen molar-refractivity contribution in [3.63, 3.8) is 0 Å². The SMILES string of the molecule is COc1ccc(CCNC(=O)Nc2ccc(F)c(C)c2)cc1. The maximum Gasteiger partial charge on any atom is 0.319 e. The maximum atomic E-state index is 13.1. The first kappa shape index (κ1) is 15.8. The summed E-state index contributed by atoms with van der Waals surface area (Å²) in [7, 11) is 1.62. The van der Waals surface area contributed by atoms with Crippen LogP contribution in [-0.2, 0) is 6.42 Å². The Morgan fingerprint density at radius 3 is 2.55 bits per heavy atom. The van der Waals surface area contributed by atoms with Crippen molar-refractivity contribution in [1.29, 1.82) is 0 Å². The highest BCUT2D eigenvalue weighted by Gasteiger charge is 2.04. The van der Waals surface area contributed by atoms with Crippen LogP contribution in [0.15, 0.2) is 42.5 Å². The molecule has 5 heteroatoms. The largest absolute Gasteiger partial charge is 0.497 e. The highest BCUT2D eigenvalue weighted by molar-refractivity contribution is 5.89. The second-order valence-corrected chi connectivity index (χ2v) is 4.94. The quantitative estimate of drug-likeness (QED) is 0.888. The highest BCUT2D eigenvalue weighted by Crippen LogP contribution is 2.13. The van der Waals surface area contributed by atoms with Gasteiger partial charge in [0.15, 0.2) is 0 Å². The standard InChI is InChI=1S/C17H19FN2O2/c1-12-11-14(5-8-16(12)18)20-17(21)19-10-9-13-3-6-15(22-2)7-4-13/h3-8,11H,9-10H2,1-2H3,(H2,19,20,21). The molecule has 0 spiro atoms. The third-order valence-electron chi connectivity index (χ3n) is 3.27. The number of rotatable bonds is 5. The summed E-state index contributed by atoms with van der Waals surface area (Å²) in [6.45, 7) is 2.17. The lowest BCUT2D eigenvalue weighted by Gasteiger charge is -2.09. The molecule has 2 amide bonds. The lowest BCUT2D eigenvalue weighted by Crippen LogP contribution is -2.30. The molecule has 0 aliphatic rings. The Bertz CT molecular complexity index is 642. The first-order valence-electron chi connectivity index (χ1n) is 7.02. The first-order valence-corrected chi connectivity index (χ1v) is 7.02. The van der Waals surface area contributed by atoms with Crippen LogP contribution < -0.4 is 15.4 Å². The lowest BCUT2D eigenvalue weighted by atomic mass is 10.1. The summed E-state index contributed by atoms with van der Waals surface area (Å²) in [5.41, 5.74) is 2.18. The minimum atomic E-state index is -0.306. The van der Waals surface area contributed by atoms with E-state index in [1.54, 1.807) is 20.1 Å². The summed E-state index contributed by atoms with van der Waals surface area (Å²) in [5.74, 6) is 0.520. The normalized spacial score (nSPS) is 10.1. The molecule has 2 aromatic carbocycles. The molecule has 0 atom stereocenters. The van der Waals surface area contributed by atoms with Gasteiger partial charge in [0.25, 0.3) is 0 Å². The van der Waals surface area contributed by atoms with Crippen LogP contribution in [0, 0.1) is 12.7 Å². The van der Waals surface area contributed by atoms with E-state index in [1.165, 1.54) is 12.1 Å². The van der Waals surface area contributed by atoms with Crippen molar-refractivity contribution in [3.8, 4) is 5.75 Å². The van der Waals surface area contributed by atoms with Crippen LogP contribution in [0.5, 0.6) is 5.75 Å². The highest BCUT2D eigenvalue weighted by atomic mass is 19.1. The van der Waals surface area contributed by atoms with Crippen LogP contribution in [0.1, 0.15) is 11.1 Å². The minimum Gasteiger partial charge on any atom is -0.497 e. The molecule has 0 saturated carbocycles. The van der Waals surface area contributed by atoms with Gasteiger partial charge >= 0.3 is 6.03 Å². The summed E-state index contributed by atoms with van der Waals surface area (Å²) < 4.78 is 18.2. The summed E-state index contributed by atoms with van der Waals surface area (Å²) in [5, 5.41) is 5.45. The monoisotopic (exact) mass is 302 g/mol. The molecular formula is C17H19FN2O2. The number of amides is 2. The Morgan fingerprint density at radius 2 is 1.91 bits per heavy atom. The van der Waals surface area contributed by atoms with Gasteiger partial charge in [0.05, 0.1) is 7.11 Å². The van der Waals surface area contributed by atoms with Crippen molar-refractivity contribution in [1.82, 2.24) is 5.32 Å². The fourth-order valence-electron chi connectivity index (χ4n) is 2.01. The van der Waals surface area contributed by atoms with Gasteiger partial charge in [0, 0.05) is 12.2 Å². The number of carbonyl (C=O) groups is 1. The third-order valence-corrected chi connectivity index (χ3v) is 3.27. The van der Waals surface area contributed by atoms with Gasteiger partial charge in [-0.25, -0.2) is 9.18 Å². The second-order valence-electron chi connectivity index (χ2n) is 4.94. The van der Waals surface area contributed by atoms with Gasteiger partial charge in [0.1, 0.15) is 11.6 Å². The second kappa shape index (κ2) is 7.45. The molecule has 0 aliphatic carbocycles. The maximum absolute atomic E-state index is 13.1. The van der Waals surface area contributed by atoms with Crippen molar-refractivity contribution >= 4 is 11.7 Å². The van der Waals surface area contributed by atoms with Gasteiger partial charge in [-0.2, -0.15) is 0 Å². The van der Waals surface area contributed by atoms with Crippen LogP contribution >= 0.6 is 0 Å². The Hall–Kier alpha value is -2.56. The molecule has 2 aromatic rings. The lowest BCUT2D eigenvalue weighted by molar-refractivity contribution is 0.252. The van der Waals surface area contributed by atoms with Gasteiger partial charge in [-0.05, 0) is 54.8 Å². The van der Waals surface area contributed by atoms with Gasteiger partial charge in [-0.3, -0.25) is 0 Å². The smallest absolute Gasteiger partial charge is 0.319 e. The van der Waals surface area contributed by atoms with Crippen molar-refractivity contribution in [2.24, 2.45) is 0 Å². The molecule has 0 heterocycles. The molecule has 0 aliphatic heterocycles. The Morgan fingerprint density at radius 1 is 1.18 bits per heavy atom. The Labute approximate surface area is 129 Å². The number of methoxy groups -OCH3 is 1. The summed E-state index contributed by atoms with van der Waals surface area (Å²) in [6.07, 6.45) is 0.722. The molecule has 2 N–H and O–H groups in total. The Kier molecular flexibility index (Phi) is 5.36. The van der Waals surface area contributed by atoms with Gasteiger partial charge in [-0.1, -0.05) is 12.1 Å². The van der Waals surface area contributed by atoms with E-state index in [2.05, 4.69) is 10.6 Å². The van der Waals surface area contributed by atoms with E-state index in [-0.39, 0.29) is 11.8 Å². The molecular weight excluding hydrogens is 283 g/mol. The zero-order chi connectivity index (χ0) is 15.9. The molecule has 116 valence electrons. The number of nitrogens with one attached hydrogen (secondary N) is 2. The van der Waals surface area contributed by atoms with Crippen LogP contribution in [0.25, 0.3) is 0 Å². The summed E-state index contributed by atoms with van der Waals surface area (Å²) in [6, 6.07) is 11.8. The van der Waals surface area contributed by atoms with Crippen molar-refractivity contribution in [3.05, 3.63) is 59.4 Å². The third kappa shape index (κ3) is 4.48. The fraction of sp³-hybridized carbons (Fsp3) is 0.235. The average Bonchev–Trinajstić information content (AvgIpc) is 2.51. The number of halogens is 1. The van der Waals surface area contributed by atoms with E-state index in [9.17, 15) is 9.18 Å². The molecule has 22 heavy (non-hydrogen) atoms. The number of ether oxygens (including phenoxy) is 1. The predicted molar refractivity (Wildman–Crippen MR) is 84.9 cm³/mol. The predicted octanol–water partition coefficient (Wildman–Crippen LogP) is 3.51. The molecule has 0 bridgehead atoms. The van der Waals surface area contributed by atoms with Crippen molar-refractivity contribution in [2.75, 3.05) is 19.0 Å². The Balaban J connectivity index is 1.78. The fourth-order valence-corrected chi connectivity index (χ4v) is 2.01. The number of hydrogen-bond acceptors (Lipinski definition) is 2. The number of aryl methyl sites for hydroxylation is 1. The van der Waals surface area contributed by atoms with Crippen molar-refractivity contribution in [2.45, 2.75) is 13.3 Å². The van der Waals surface area contributed by atoms with Crippen LogP contribution in [0.4, 0.5) is 14.9 Å². The minimum absolute atomic E-state index is 0.287. The molecule has 0 aromatic heterocycles.